The summed E-state index contributed by atoms with van der Waals surface area (Å²) in [5.41, 5.74) is -0.450. The zero-order chi connectivity index (χ0) is 8.91. The van der Waals surface area contributed by atoms with Crippen molar-refractivity contribution >= 4 is 0 Å². The lowest BCUT2D eigenvalue weighted by Crippen LogP contribution is -2.63. The smallest absolute Gasteiger partial charge is 0.147 e. The molecule has 1 atom stereocenters. The van der Waals surface area contributed by atoms with Crippen LogP contribution in [0.25, 0.3) is 0 Å². The van der Waals surface area contributed by atoms with Crippen LogP contribution in [0.5, 0.6) is 0 Å². The number of hydrogen-bond acceptors (Lipinski definition) is 3. The lowest BCUT2D eigenvalue weighted by Gasteiger charge is -2.33. The Bertz CT molecular complexity index is 144. The molecule has 0 aliphatic carbocycles. The van der Waals surface area contributed by atoms with Gasteiger partial charge in [0.15, 0.2) is 0 Å². The van der Waals surface area contributed by atoms with E-state index in [4.69, 9.17) is 6.42 Å². The Labute approximate surface area is 68.9 Å². The van der Waals surface area contributed by atoms with Gasteiger partial charge in [-0.3, -0.25) is 10.6 Å². The summed E-state index contributed by atoms with van der Waals surface area (Å²) in [6, 6.07) is 0.183. The van der Waals surface area contributed by atoms with Crippen LogP contribution in [0.3, 0.4) is 0 Å². The Morgan fingerprint density at radius 1 is 1.27 bits per heavy atom. The fraction of sp³-hybridized carbons (Fsp3) is 0.750. The highest BCUT2D eigenvalue weighted by molar-refractivity contribution is 5.14. The SMILES string of the molecule is C#CC(NC)(NC)C(C)NC. The van der Waals surface area contributed by atoms with Crippen molar-refractivity contribution in [2.45, 2.75) is 18.6 Å². The minimum atomic E-state index is -0.450. The van der Waals surface area contributed by atoms with Crippen molar-refractivity contribution in [3.05, 3.63) is 0 Å². The van der Waals surface area contributed by atoms with Crippen LogP contribution in [0.4, 0.5) is 0 Å². The van der Waals surface area contributed by atoms with E-state index >= 15 is 0 Å². The normalized spacial score (nSPS) is 14.1. The monoisotopic (exact) mass is 155 g/mol. The van der Waals surface area contributed by atoms with Gasteiger partial charge in [-0.15, -0.1) is 6.42 Å². The quantitative estimate of drug-likeness (QED) is 0.373. The highest BCUT2D eigenvalue weighted by Gasteiger charge is 2.29. The second-order valence-corrected chi connectivity index (χ2v) is 2.46. The first-order valence-electron chi connectivity index (χ1n) is 3.69. The summed E-state index contributed by atoms with van der Waals surface area (Å²) in [7, 11) is 5.56. The maximum absolute atomic E-state index is 5.39. The zero-order valence-corrected chi connectivity index (χ0v) is 7.65. The Morgan fingerprint density at radius 3 is 1.82 bits per heavy atom. The molecule has 0 bridgehead atoms. The van der Waals surface area contributed by atoms with Crippen LogP contribution in [-0.4, -0.2) is 32.8 Å². The molecule has 0 heterocycles. The molecule has 0 rings (SSSR count). The summed E-state index contributed by atoms with van der Waals surface area (Å²) in [4.78, 5) is 0. The van der Waals surface area contributed by atoms with Gasteiger partial charge in [-0.1, -0.05) is 5.92 Å². The van der Waals surface area contributed by atoms with E-state index in [1.54, 1.807) is 0 Å². The minimum Gasteiger partial charge on any atom is -0.313 e. The van der Waals surface area contributed by atoms with Crippen LogP contribution in [0.1, 0.15) is 6.92 Å². The molecule has 0 aliphatic heterocycles. The lowest BCUT2D eigenvalue weighted by atomic mass is 10.0. The number of rotatable bonds is 4. The molecular formula is C8H17N3. The summed E-state index contributed by atoms with van der Waals surface area (Å²) >= 11 is 0. The molecule has 0 saturated heterocycles. The summed E-state index contributed by atoms with van der Waals surface area (Å²) in [5.74, 6) is 2.68. The van der Waals surface area contributed by atoms with E-state index in [2.05, 4.69) is 21.9 Å². The van der Waals surface area contributed by atoms with E-state index < -0.39 is 5.66 Å². The van der Waals surface area contributed by atoms with Crippen molar-refractivity contribution in [1.29, 1.82) is 0 Å². The van der Waals surface area contributed by atoms with Gasteiger partial charge in [-0.25, -0.2) is 0 Å². The predicted octanol–water partition coefficient (Wildman–Crippen LogP) is -0.637. The van der Waals surface area contributed by atoms with Crippen molar-refractivity contribution in [2.24, 2.45) is 0 Å². The van der Waals surface area contributed by atoms with Gasteiger partial charge in [0.1, 0.15) is 5.66 Å². The maximum atomic E-state index is 5.39. The fourth-order valence-corrected chi connectivity index (χ4v) is 1.04. The molecule has 0 aliphatic rings. The van der Waals surface area contributed by atoms with E-state index in [1.165, 1.54) is 0 Å². The molecule has 0 aromatic carbocycles. The van der Waals surface area contributed by atoms with Gasteiger partial charge in [-0.2, -0.15) is 0 Å². The molecule has 0 saturated carbocycles. The molecule has 1 unspecified atom stereocenters. The first-order chi connectivity index (χ1) is 5.16. The first kappa shape index (κ1) is 10.4. The van der Waals surface area contributed by atoms with Crippen molar-refractivity contribution in [3.63, 3.8) is 0 Å². The van der Waals surface area contributed by atoms with Crippen molar-refractivity contribution in [3.8, 4) is 12.3 Å². The second-order valence-electron chi connectivity index (χ2n) is 2.46. The Hall–Kier alpha value is -0.560. The maximum Gasteiger partial charge on any atom is 0.147 e. The molecule has 3 N–H and O–H groups in total. The van der Waals surface area contributed by atoms with Crippen LogP contribution >= 0.6 is 0 Å². The molecule has 0 amide bonds. The van der Waals surface area contributed by atoms with Gasteiger partial charge in [0, 0.05) is 6.04 Å². The summed E-state index contributed by atoms with van der Waals surface area (Å²) in [6.07, 6.45) is 5.39. The van der Waals surface area contributed by atoms with Gasteiger partial charge < -0.3 is 5.32 Å². The van der Waals surface area contributed by atoms with Crippen LogP contribution in [0, 0.1) is 12.3 Å². The molecule has 0 aromatic rings. The molecular weight excluding hydrogens is 138 g/mol. The van der Waals surface area contributed by atoms with E-state index in [-0.39, 0.29) is 6.04 Å². The van der Waals surface area contributed by atoms with Gasteiger partial charge in [-0.05, 0) is 28.1 Å². The Kier molecular flexibility index (Phi) is 4.12. The highest BCUT2D eigenvalue weighted by Crippen LogP contribution is 2.02. The van der Waals surface area contributed by atoms with Crippen LogP contribution in [0.2, 0.25) is 0 Å². The van der Waals surface area contributed by atoms with Crippen LogP contribution in [0.15, 0.2) is 0 Å². The topological polar surface area (TPSA) is 36.1 Å². The lowest BCUT2D eigenvalue weighted by molar-refractivity contribution is 0.304. The van der Waals surface area contributed by atoms with Crippen molar-refractivity contribution < 1.29 is 0 Å². The van der Waals surface area contributed by atoms with E-state index in [0.29, 0.717) is 0 Å². The third kappa shape index (κ3) is 1.93. The first-order valence-corrected chi connectivity index (χ1v) is 3.69. The molecule has 3 nitrogen and oxygen atoms in total. The average Bonchev–Trinajstić information content (AvgIpc) is 2.08. The summed E-state index contributed by atoms with van der Waals surface area (Å²) < 4.78 is 0. The molecule has 11 heavy (non-hydrogen) atoms. The number of nitrogens with one attached hydrogen (secondary N) is 3. The molecule has 64 valence electrons. The molecule has 0 fully saturated rings. The zero-order valence-electron chi connectivity index (χ0n) is 7.65. The molecule has 3 heteroatoms. The Morgan fingerprint density at radius 2 is 1.73 bits per heavy atom. The van der Waals surface area contributed by atoms with Gasteiger partial charge in [0.05, 0.1) is 0 Å². The highest BCUT2D eigenvalue weighted by atomic mass is 15.2. The van der Waals surface area contributed by atoms with Crippen molar-refractivity contribution in [2.75, 3.05) is 21.1 Å². The minimum absolute atomic E-state index is 0.183. The number of hydrogen-bond donors (Lipinski definition) is 3. The number of likely N-dealkylation sites (N-methyl/N-ethyl adjacent to an activating group) is 3. The van der Waals surface area contributed by atoms with E-state index in [1.807, 2.05) is 28.1 Å². The number of terminal acetylenes is 1. The summed E-state index contributed by atoms with van der Waals surface area (Å²) in [6.45, 7) is 2.02. The van der Waals surface area contributed by atoms with Gasteiger partial charge >= 0.3 is 0 Å². The third-order valence-electron chi connectivity index (χ3n) is 2.10. The third-order valence-corrected chi connectivity index (χ3v) is 2.10. The average molecular weight is 155 g/mol. The fourth-order valence-electron chi connectivity index (χ4n) is 1.04. The molecule has 0 radical (unpaired) electrons. The second kappa shape index (κ2) is 4.35. The predicted molar refractivity (Wildman–Crippen MR) is 48.2 cm³/mol. The van der Waals surface area contributed by atoms with E-state index in [9.17, 15) is 0 Å². The van der Waals surface area contributed by atoms with Crippen molar-refractivity contribution in [1.82, 2.24) is 16.0 Å². The molecule has 0 aromatic heterocycles. The van der Waals surface area contributed by atoms with Crippen LogP contribution in [-0.2, 0) is 0 Å². The molecule has 0 spiro atoms. The van der Waals surface area contributed by atoms with Gasteiger partial charge in [0.25, 0.3) is 0 Å². The summed E-state index contributed by atoms with van der Waals surface area (Å²) in [5, 5.41) is 9.20. The standard InChI is InChI=1S/C8H17N3/c1-6-8(10-4,11-5)7(2)9-3/h1,7,9-11H,2-5H3. The van der Waals surface area contributed by atoms with Gasteiger partial charge in [0.2, 0.25) is 0 Å². The largest absolute Gasteiger partial charge is 0.313 e. The Balaban J connectivity index is 4.43. The van der Waals surface area contributed by atoms with E-state index in [0.717, 1.165) is 0 Å². The van der Waals surface area contributed by atoms with Crippen LogP contribution < -0.4 is 16.0 Å².